The first kappa shape index (κ1) is 27.5. The van der Waals surface area contributed by atoms with E-state index in [0.717, 1.165) is 75.6 Å². The molecule has 2 heterocycles. The molecule has 202 valence electrons. The van der Waals surface area contributed by atoms with Gasteiger partial charge in [-0.25, -0.2) is 5.10 Å². The van der Waals surface area contributed by atoms with Crippen LogP contribution in [0.25, 0.3) is 11.1 Å². The molecule has 0 unspecified atom stereocenters. The first-order chi connectivity index (χ1) is 18.4. The number of nitrogens with zero attached hydrogens (tertiary/aromatic N) is 4. The van der Waals surface area contributed by atoms with Crippen LogP contribution in [0.5, 0.6) is 0 Å². The molecule has 38 heavy (non-hydrogen) atoms. The van der Waals surface area contributed by atoms with E-state index in [4.69, 9.17) is 0 Å². The summed E-state index contributed by atoms with van der Waals surface area (Å²) < 4.78 is 0. The number of hydrogen-bond acceptors (Lipinski definition) is 6. The van der Waals surface area contributed by atoms with E-state index in [1.54, 1.807) is 0 Å². The molecule has 8 nitrogen and oxygen atoms in total. The van der Waals surface area contributed by atoms with Crippen LogP contribution in [0.15, 0.2) is 53.3 Å². The Balaban J connectivity index is 1.74. The van der Waals surface area contributed by atoms with Crippen molar-refractivity contribution >= 4 is 17.3 Å². The van der Waals surface area contributed by atoms with E-state index in [2.05, 4.69) is 94.4 Å². The second-order valence-corrected chi connectivity index (χ2v) is 9.99. The maximum atomic E-state index is 13.1. The van der Waals surface area contributed by atoms with Crippen molar-refractivity contribution in [1.82, 2.24) is 20.0 Å². The van der Waals surface area contributed by atoms with E-state index in [1.807, 2.05) is 0 Å². The summed E-state index contributed by atoms with van der Waals surface area (Å²) in [6.07, 6.45) is 2.05. The molecule has 1 aromatic heterocycles. The minimum absolute atomic E-state index is 0.173. The van der Waals surface area contributed by atoms with Gasteiger partial charge in [0.1, 0.15) is 5.69 Å². The average Bonchev–Trinajstić information content (AvgIpc) is 2.93. The zero-order chi connectivity index (χ0) is 27.1. The third kappa shape index (κ3) is 6.68. The van der Waals surface area contributed by atoms with Crippen LogP contribution in [0.3, 0.4) is 0 Å². The van der Waals surface area contributed by atoms with Crippen LogP contribution in [-0.2, 0) is 13.0 Å². The Kier molecular flexibility index (Phi) is 9.31. The van der Waals surface area contributed by atoms with Gasteiger partial charge in [0.05, 0.1) is 11.4 Å². The van der Waals surface area contributed by atoms with E-state index < -0.39 is 0 Å². The zero-order valence-electron chi connectivity index (χ0n) is 23.1. The molecule has 0 atom stereocenters. The molecule has 8 heteroatoms. The average molecular weight is 517 g/mol. The number of aromatic nitrogens is 2. The van der Waals surface area contributed by atoms with E-state index in [0.29, 0.717) is 0 Å². The molecule has 1 amide bonds. The van der Waals surface area contributed by atoms with Crippen molar-refractivity contribution in [3.05, 3.63) is 75.7 Å². The molecule has 0 spiro atoms. The predicted octanol–water partition coefficient (Wildman–Crippen LogP) is 4.24. The van der Waals surface area contributed by atoms with Crippen LogP contribution < -0.4 is 15.8 Å². The molecule has 0 aliphatic carbocycles. The SMILES string of the molecule is CCCc1ccc(CN(CC)CC)cc1-c1ccc(N2CCN(C)CC2)c(NC(=O)c2ccc(=O)[nH]n2)c1. The topological polar surface area (TPSA) is 84.6 Å². The summed E-state index contributed by atoms with van der Waals surface area (Å²) in [6.45, 7) is 13.2. The fourth-order valence-electron chi connectivity index (χ4n) is 4.97. The number of piperazine rings is 1. The largest absolute Gasteiger partial charge is 0.367 e. The number of aromatic amines is 1. The van der Waals surface area contributed by atoms with Gasteiger partial charge in [0.15, 0.2) is 0 Å². The van der Waals surface area contributed by atoms with Crippen molar-refractivity contribution in [2.24, 2.45) is 0 Å². The molecule has 0 bridgehead atoms. The number of benzene rings is 2. The molecule has 1 aliphatic rings. The third-order valence-electron chi connectivity index (χ3n) is 7.31. The number of anilines is 2. The second-order valence-electron chi connectivity index (χ2n) is 9.99. The Hall–Kier alpha value is -3.49. The van der Waals surface area contributed by atoms with Crippen LogP contribution in [0.1, 0.15) is 48.8 Å². The van der Waals surface area contributed by atoms with Crippen molar-refractivity contribution in [2.45, 2.75) is 40.2 Å². The number of carbonyl (C=O) groups is 1. The Morgan fingerprint density at radius 2 is 1.76 bits per heavy atom. The highest BCUT2D eigenvalue weighted by atomic mass is 16.2. The van der Waals surface area contributed by atoms with Crippen molar-refractivity contribution in [3.8, 4) is 11.1 Å². The van der Waals surface area contributed by atoms with Gasteiger partial charge in [-0.15, -0.1) is 0 Å². The standard InChI is InChI=1S/C30H40N6O2/c1-5-8-23-10-9-22(21-35(6-2)7-3)19-25(23)24-11-13-28(36-17-15-34(4)16-18-36)27(20-24)31-30(38)26-12-14-29(37)33-32-26/h9-14,19-20H,5-8,15-18,21H2,1-4H3,(H,31,38)(H,33,37). The highest BCUT2D eigenvalue weighted by molar-refractivity contribution is 6.05. The van der Waals surface area contributed by atoms with Gasteiger partial charge in [-0.3, -0.25) is 14.5 Å². The summed E-state index contributed by atoms with van der Waals surface area (Å²) in [4.78, 5) is 31.6. The summed E-state index contributed by atoms with van der Waals surface area (Å²) in [7, 11) is 2.13. The normalized spacial score (nSPS) is 14.2. The minimum atomic E-state index is -0.349. The first-order valence-corrected chi connectivity index (χ1v) is 13.7. The Labute approximate surface area is 225 Å². The molecule has 0 radical (unpaired) electrons. The fraction of sp³-hybridized carbons (Fsp3) is 0.433. The maximum absolute atomic E-state index is 13.1. The Morgan fingerprint density at radius 3 is 2.42 bits per heavy atom. The highest BCUT2D eigenvalue weighted by Gasteiger charge is 2.20. The molecule has 2 N–H and O–H groups in total. The van der Waals surface area contributed by atoms with Gasteiger partial charge in [-0.2, -0.15) is 5.10 Å². The summed E-state index contributed by atoms with van der Waals surface area (Å²) >= 11 is 0. The van der Waals surface area contributed by atoms with E-state index >= 15 is 0 Å². The minimum Gasteiger partial charge on any atom is -0.367 e. The van der Waals surface area contributed by atoms with E-state index in [9.17, 15) is 9.59 Å². The maximum Gasteiger partial charge on any atom is 0.276 e. The molecule has 1 aliphatic heterocycles. The third-order valence-corrected chi connectivity index (χ3v) is 7.31. The van der Waals surface area contributed by atoms with Gasteiger partial charge in [0.2, 0.25) is 0 Å². The van der Waals surface area contributed by atoms with Crippen LogP contribution >= 0.6 is 0 Å². The number of nitrogens with one attached hydrogen (secondary N) is 2. The zero-order valence-corrected chi connectivity index (χ0v) is 23.1. The summed E-state index contributed by atoms with van der Waals surface area (Å²) in [6, 6.07) is 16.0. The van der Waals surface area contributed by atoms with Crippen molar-refractivity contribution in [2.75, 3.05) is 56.5 Å². The first-order valence-electron chi connectivity index (χ1n) is 13.7. The number of aryl methyl sites for hydroxylation is 1. The Morgan fingerprint density at radius 1 is 1.00 bits per heavy atom. The predicted molar refractivity (Wildman–Crippen MR) is 155 cm³/mol. The number of rotatable bonds is 10. The van der Waals surface area contributed by atoms with Gasteiger partial charge in [0.25, 0.3) is 11.5 Å². The van der Waals surface area contributed by atoms with Gasteiger partial charge in [0, 0.05) is 38.8 Å². The van der Waals surface area contributed by atoms with Crippen molar-refractivity contribution in [1.29, 1.82) is 0 Å². The van der Waals surface area contributed by atoms with Crippen LogP contribution in [0.2, 0.25) is 0 Å². The number of amides is 1. The quantitative estimate of drug-likeness (QED) is 0.420. The van der Waals surface area contributed by atoms with Crippen LogP contribution in [0.4, 0.5) is 11.4 Å². The summed E-state index contributed by atoms with van der Waals surface area (Å²) in [5.74, 6) is -0.349. The van der Waals surface area contributed by atoms with Gasteiger partial charge < -0.3 is 15.1 Å². The fourth-order valence-corrected chi connectivity index (χ4v) is 4.97. The number of carbonyl (C=O) groups excluding carboxylic acids is 1. The number of hydrogen-bond donors (Lipinski definition) is 2. The highest BCUT2D eigenvalue weighted by Crippen LogP contribution is 2.35. The second kappa shape index (κ2) is 12.8. The van der Waals surface area contributed by atoms with Gasteiger partial charge in [-0.1, -0.05) is 45.4 Å². The molecule has 1 saturated heterocycles. The number of likely N-dealkylation sites (N-methyl/N-ethyl adjacent to an activating group) is 1. The summed E-state index contributed by atoms with van der Waals surface area (Å²) in [5.41, 5.74) is 6.47. The van der Waals surface area contributed by atoms with Gasteiger partial charge in [-0.05, 0) is 73.1 Å². The lowest BCUT2D eigenvalue weighted by Crippen LogP contribution is -2.44. The van der Waals surface area contributed by atoms with Gasteiger partial charge >= 0.3 is 0 Å². The van der Waals surface area contributed by atoms with E-state index in [-0.39, 0.29) is 17.2 Å². The molecule has 2 aromatic carbocycles. The molecule has 1 fully saturated rings. The lowest BCUT2D eigenvalue weighted by Gasteiger charge is -2.35. The molecule has 3 aromatic rings. The number of H-pyrrole nitrogens is 1. The van der Waals surface area contributed by atoms with Crippen LogP contribution in [-0.4, -0.2) is 72.2 Å². The Bertz CT molecular complexity index is 1270. The summed E-state index contributed by atoms with van der Waals surface area (Å²) in [5, 5.41) is 9.37. The van der Waals surface area contributed by atoms with E-state index in [1.165, 1.54) is 28.8 Å². The molecular weight excluding hydrogens is 476 g/mol. The molecule has 4 rings (SSSR count). The van der Waals surface area contributed by atoms with Crippen LogP contribution in [0, 0.1) is 0 Å². The molecular formula is C30H40N6O2. The smallest absolute Gasteiger partial charge is 0.276 e. The lowest BCUT2D eigenvalue weighted by atomic mass is 9.93. The van der Waals surface area contributed by atoms with Crippen molar-refractivity contribution in [3.63, 3.8) is 0 Å². The monoisotopic (exact) mass is 516 g/mol. The molecule has 0 saturated carbocycles. The lowest BCUT2D eigenvalue weighted by molar-refractivity contribution is 0.102. The van der Waals surface area contributed by atoms with Crippen molar-refractivity contribution < 1.29 is 4.79 Å².